The molecule has 0 saturated carbocycles. The van der Waals surface area contributed by atoms with Crippen molar-refractivity contribution in [3.05, 3.63) is 59.7 Å². The molecule has 0 atom stereocenters. The molecule has 0 spiro atoms. The highest BCUT2D eigenvalue weighted by atomic mass is 32.2. The van der Waals surface area contributed by atoms with Crippen LogP contribution in [-0.2, 0) is 21.2 Å². The smallest absolute Gasteiger partial charge is 0.308 e. The first-order valence-electron chi connectivity index (χ1n) is 9.48. The fourth-order valence-electron chi connectivity index (χ4n) is 3.22. The lowest BCUT2D eigenvalue weighted by Gasteiger charge is -2.34. The molecule has 29 heavy (non-hydrogen) atoms. The number of amides is 1. The highest BCUT2D eigenvalue weighted by Crippen LogP contribution is 2.20. The summed E-state index contributed by atoms with van der Waals surface area (Å²) in [6.45, 7) is 4.36. The van der Waals surface area contributed by atoms with E-state index in [9.17, 15) is 18.0 Å². The molecule has 0 unspecified atom stereocenters. The Balaban J connectivity index is 1.66. The van der Waals surface area contributed by atoms with E-state index >= 15 is 0 Å². The average Bonchev–Trinajstić information content (AvgIpc) is 2.73. The Labute approximate surface area is 170 Å². The fraction of sp³-hybridized carbons (Fsp3) is 0.333. The van der Waals surface area contributed by atoms with Crippen molar-refractivity contribution in [2.75, 3.05) is 26.2 Å². The first-order chi connectivity index (χ1) is 13.8. The second-order valence-corrected chi connectivity index (χ2v) is 8.75. The van der Waals surface area contributed by atoms with Crippen molar-refractivity contribution in [3.63, 3.8) is 0 Å². The van der Waals surface area contributed by atoms with E-state index < -0.39 is 16.0 Å². The normalized spacial score (nSPS) is 15.2. The zero-order valence-electron chi connectivity index (χ0n) is 16.5. The molecular weight excluding hydrogens is 392 g/mol. The number of aryl methyl sites for hydroxylation is 1. The van der Waals surface area contributed by atoms with Crippen LogP contribution in [0.1, 0.15) is 29.8 Å². The Morgan fingerprint density at radius 3 is 2.24 bits per heavy atom. The number of rotatable bonds is 5. The lowest BCUT2D eigenvalue weighted by atomic mass is 10.1. The lowest BCUT2D eigenvalue weighted by molar-refractivity contribution is -0.131. The van der Waals surface area contributed by atoms with E-state index in [0.29, 0.717) is 24.4 Å². The van der Waals surface area contributed by atoms with Crippen molar-refractivity contribution in [3.8, 4) is 5.75 Å². The summed E-state index contributed by atoms with van der Waals surface area (Å²) in [5, 5.41) is 0. The minimum absolute atomic E-state index is 0.219. The topological polar surface area (TPSA) is 84.0 Å². The van der Waals surface area contributed by atoms with Crippen molar-refractivity contribution in [1.29, 1.82) is 0 Å². The molecule has 1 aliphatic rings. The molecule has 0 N–H and O–H groups in total. The molecule has 0 radical (unpaired) electrons. The first-order valence-corrected chi connectivity index (χ1v) is 10.9. The number of piperazine rings is 1. The van der Waals surface area contributed by atoms with Crippen LogP contribution in [-0.4, -0.2) is 55.7 Å². The van der Waals surface area contributed by atoms with Crippen molar-refractivity contribution >= 4 is 21.9 Å². The third-order valence-corrected chi connectivity index (χ3v) is 6.75. The van der Waals surface area contributed by atoms with Crippen molar-refractivity contribution < 1.29 is 22.7 Å². The Morgan fingerprint density at radius 1 is 1.00 bits per heavy atom. The van der Waals surface area contributed by atoms with Crippen LogP contribution in [0.2, 0.25) is 0 Å². The second kappa shape index (κ2) is 8.75. The zero-order chi connectivity index (χ0) is 21.0. The third-order valence-electron chi connectivity index (χ3n) is 4.84. The van der Waals surface area contributed by atoms with Gasteiger partial charge in [0.05, 0.1) is 4.90 Å². The van der Waals surface area contributed by atoms with Gasteiger partial charge in [-0.15, -0.1) is 0 Å². The van der Waals surface area contributed by atoms with Crippen LogP contribution in [0.25, 0.3) is 0 Å². The van der Waals surface area contributed by atoms with E-state index in [4.69, 9.17) is 4.74 Å². The standard InChI is InChI=1S/C21H24N2O5S/c1-3-17-7-9-20(10-8-17)29(26,27)23-13-11-22(12-14-23)21(25)18-5-4-6-19(15-18)28-16(2)24/h4-10,15H,3,11-14H2,1-2H3. The van der Waals surface area contributed by atoms with Crippen LogP contribution >= 0.6 is 0 Å². The molecule has 1 heterocycles. The molecule has 0 bridgehead atoms. The SMILES string of the molecule is CCc1ccc(S(=O)(=O)N2CCN(C(=O)c3cccc(OC(C)=O)c3)CC2)cc1. The lowest BCUT2D eigenvalue weighted by Crippen LogP contribution is -2.50. The van der Waals surface area contributed by atoms with Gasteiger partial charge in [0.1, 0.15) is 5.75 Å². The van der Waals surface area contributed by atoms with Gasteiger partial charge in [0.15, 0.2) is 0 Å². The molecule has 154 valence electrons. The number of nitrogens with zero attached hydrogens (tertiary/aromatic N) is 2. The summed E-state index contributed by atoms with van der Waals surface area (Å²) in [5.41, 5.74) is 1.48. The van der Waals surface area contributed by atoms with Gasteiger partial charge in [-0.3, -0.25) is 9.59 Å². The molecule has 1 fully saturated rings. The maximum absolute atomic E-state index is 12.9. The van der Waals surface area contributed by atoms with Gasteiger partial charge in [-0.2, -0.15) is 4.31 Å². The van der Waals surface area contributed by atoms with Gasteiger partial charge in [-0.25, -0.2) is 8.42 Å². The van der Waals surface area contributed by atoms with Gasteiger partial charge < -0.3 is 9.64 Å². The van der Waals surface area contributed by atoms with Gasteiger partial charge in [0.25, 0.3) is 5.91 Å². The first kappa shape index (κ1) is 21.0. The van der Waals surface area contributed by atoms with Crippen LogP contribution in [0.5, 0.6) is 5.75 Å². The van der Waals surface area contributed by atoms with E-state index in [2.05, 4.69) is 0 Å². The Morgan fingerprint density at radius 2 is 1.66 bits per heavy atom. The van der Waals surface area contributed by atoms with Crippen LogP contribution in [0, 0.1) is 0 Å². The van der Waals surface area contributed by atoms with E-state index in [1.165, 1.54) is 17.3 Å². The summed E-state index contributed by atoms with van der Waals surface area (Å²) in [4.78, 5) is 25.7. The minimum atomic E-state index is -3.58. The van der Waals surface area contributed by atoms with Gasteiger partial charge in [-0.1, -0.05) is 25.1 Å². The maximum Gasteiger partial charge on any atom is 0.308 e. The Hall–Kier alpha value is -2.71. The van der Waals surface area contributed by atoms with E-state index in [1.807, 2.05) is 19.1 Å². The molecule has 2 aromatic rings. The Bertz CT molecular complexity index is 994. The summed E-state index contributed by atoms with van der Waals surface area (Å²) in [6.07, 6.45) is 0.847. The molecule has 7 nitrogen and oxygen atoms in total. The zero-order valence-corrected chi connectivity index (χ0v) is 17.3. The quantitative estimate of drug-likeness (QED) is 0.552. The molecule has 1 aliphatic heterocycles. The molecule has 1 amide bonds. The molecule has 2 aromatic carbocycles. The number of hydrogen-bond acceptors (Lipinski definition) is 5. The summed E-state index contributed by atoms with van der Waals surface area (Å²) in [6, 6.07) is 13.3. The van der Waals surface area contributed by atoms with E-state index in [1.54, 1.807) is 35.2 Å². The summed E-state index contributed by atoms with van der Waals surface area (Å²) >= 11 is 0. The molecule has 1 saturated heterocycles. The predicted molar refractivity (Wildman–Crippen MR) is 108 cm³/mol. The number of esters is 1. The van der Waals surface area contributed by atoms with Crippen LogP contribution in [0.15, 0.2) is 53.4 Å². The highest BCUT2D eigenvalue weighted by molar-refractivity contribution is 7.89. The number of sulfonamides is 1. The molecule has 3 rings (SSSR count). The van der Waals surface area contributed by atoms with Crippen molar-refractivity contribution in [1.82, 2.24) is 9.21 Å². The molecule has 8 heteroatoms. The number of carbonyl (C=O) groups is 2. The van der Waals surface area contributed by atoms with Gasteiger partial charge in [-0.05, 0) is 42.3 Å². The maximum atomic E-state index is 12.9. The fourth-order valence-corrected chi connectivity index (χ4v) is 4.64. The second-order valence-electron chi connectivity index (χ2n) is 6.82. The minimum Gasteiger partial charge on any atom is -0.427 e. The molecular formula is C21H24N2O5S. The van der Waals surface area contributed by atoms with E-state index in [-0.39, 0.29) is 23.9 Å². The highest BCUT2D eigenvalue weighted by Gasteiger charge is 2.30. The largest absolute Gasteiger partial charge is 0.427 e. The number of carbonyl (C=O) groups excluding carboxylic acids is 2. The third kappa shape index (κ3) is 4.83. The summed E-state index contributed by atoms with van der Waals surface area (Å²) in [7, 11) is -3.58. The average molecular weight is 416 g/mol. The predicted octanol–water partition coefficient (Wildman–Crippen LogP) is 2.32. The van der Waals surface area contributed by atoms with E-state index in [0.717, 1.165) is 12.0 Å². The monoisotopic (exact) mass is 416 g/mol. The van der Waals surface area contributed by atoms with Gasteiger partial charge in [0, 0.05) is 38.7 Å². The van der Waals surface area contributed by atoms with Crippen molar-refractivity contribution in [2.24, 2.45) is 0 Å². The number of hydrogen-bond donors (Lipinski definition) is 0. The summed E-state index contributed by atoms with van der Waals surface area (Å²) < 4.78 is 32.1. The Kier molecular flexibility index (Phi) is 6.34. The molecule has 0 aromatic heterocycles. The number of benzene rings is 2. The molecule has 0 aliphatic carbocycles. The van der Waals surface area contributed by atoms with Gasteiger partial charge >= 0.3 is 5.97 Å². The van der Waals surface area contributed by atoms with Crippen LogP contribution < -0.4 is 4.74 Å². The van der Waals surface area contributed by atoms with Crippen molar-refractivity contribution in [2.45, 2.75) is 25.2 Å². The van der Waals surface area contributed by atoms with Crippen LogP contribution in [0.3, 0.4) is 0 Å². The van der Waals surface area contributed by atoms with Crippen LogP contribution in [0.4, 0.5) is 0 Å². The number of ether oxygens (including phenoxy) is 1. The summed E-state index contributed by atoms with van der Waals surface area (Å²) in [5.74, 6) is -0.371. The van der Waals surface area contributed by atoms with Gasteiger partial charge in [0.2, 0.25) is 10.0 Å².